The molecule has 0 unspecified atom stereocenters. The lowest BCUT2D eigenvalue weighted by molar-refractivity contribution is -0.113. The number of thioether (sulfide) groups is 1. The fourth-order valence-corrected chi connectivity index (χ4v) is 4.94. The first kappa shape index (κ1) is 23.2. The zero-order chi connectivity index (χ0) is 23.0. The molecule has 0 atom stereocenters. The number of halogens is 1. The second-order valence-electron chi connectivity index (χ2n) is 7.23. The number of aromatic nitrogens is 4. The largest absolute Gasteiger partial charge is 0.302 e. The topological polar surface area (TPSA) is 72.7 Å². The molecule has 4 aromatic rings. The van der Waals surface area contributed by atoms with Gasteiger partial charge in [-0.05, 0) is 23.3 Å². The maximum Gasteiger partial charge on any atom is 0.236 e. The Kier molecular flexibility index (Phi) is 7.93. The second-order valence-corrected chi connectivity index (χ2v) is 9.73. The molecule has 6 nitrogen and oxygen atoms in total. The van der Waals surface area contributed by atoms with E-state index in [4.69, 9.17) is 11.6 Å². The van der Waals surface area contributed by atoms with Crippen molar-refractivity contribution in [3.8, 4) is 0 Å². The highest BCUT2D eigenvalue weighted by molar-refractivity contribution is 7.99. The molecule has 2 aromatic heterocycles. The number of anilines is 1. The number of carbonyl (C=O) groups excluding carboxylic acids is 1. The molecule has 0 aliphatic heterocycles. The first-order valence-corrected chi connectivity index (χ1v) is 12.5. The summed E-state index contributed by atoms with van der Waals surface area (Å²) in [5.41, 5.74) is 2.30. The van der Waals surface area contributed by atoms with Crippen LogP contribution in [0.4, 0.5) is 5.13 Å². The molecule has 9 heteroatoms. The highest BCUT2D eigenvalue weighted by atomic mass is 35.5. The summed E-state index contributed by atoms with van der Waals surface area (Å²) in [5, 5.41) is 13.5. The molecule has 0 aliphatic rings. The van der Waals surface area contributed by atoms with E-state index in [1.807, 2.05) is 47.0 Å². The number of amides is 1. The van der Waals surface area contributed by atoms with Crippen LogP contribution in [0.5, 0.6) is 0 Å². The monoisotopic (exact) mass is 495 g/mol. The summed E-state index contributed by atoms with van der Waals surface area (Å²) >= 11 is 8.76. The van der Waals surface area contributed by atoms with Gasteiger partial charge in [-0.2, -0.15) is 0 Å². The van der Waals surface area contributed by atoms with Gasteiger partial charge in [0.1, 0.15) is 5.82 Å². The lowest BCUT2D eigenvalue weighted by atomic mass is 10.1. The zero-order valence-electron chi connectivity index (χ0n) is 17.8. The number of nitrogens with zero attached hydrogens (tertiary/aromatic N) is 4. The molecule has 0 spiro atoms. The number of rotatable bonds is 10. The molecule has 2 aromatic carbocycles. The number of allylic oxidation sites excluding steroid dienone is 1. The number of hydrogen-bond donors (Lipinski definition) is 1. The Morgan fingerprint density at radius 3 is 2.61 bits per heavy atom. The van der Waals surface area contributed by atoms with E-state index in [1.165, 1.54) is 23.1 Å². The molecule has 4 rings (SSSR count). The van der Waals surface area contributed by atoms with Crippen LogP contribution in [0.25, 0.3) is 0 Å². The lowest BCUT2D eigenvalue weighted by Gasteiger charge is -2.07. The first-order valence-electron chi connectivity index (χ1n) is 10.3. The molecule has 1 N–H and O–H groups in total. The molecule has 0 aliphatic carbocycles. The molecule has 0 bridgehead atoms. The van der Waals surface area contributed by atoms with E-state index >= 15 is 0 Å². The van der Waals surface area contributed by atoms with Gasteiger partial charge in [0.2, 0.25) is 5.91 Å². The Morgan fingerprint density at radius 1 is 1.09 bits per heavy atom. The van der Waals surface area contributed by atoms with Gasteiger partial charge in [0.15, 0.2) is 10.3 Å². The summed E-state index contributed by atoms with van der Waals surface area (Å²) in [6.45, 7) is 4.42. The van der Waals surface area contributed by atoms with E-state index in [1.54, 1.807) is 12.3 Å². The third-order valence-corrected chi connectivity index (χ3v) is 6.87. The van der Waals surface area contributed by atoms with Crippen LogP contribution in [0.15, 0.2) is 78.6 Å². The van der Waals surface area contributed by atoms with E-state index in [0.29, 0.717) is 28.3 Å². The third-order valence-electron chi connectivity index (χ3n) is 4.73. The minimum absolute atomic E-state index is 0.134. The van der Waals surface area contributed by atoms with Gasteiger partial charge >= 0.3 is 0 Å². The smallest absolute Gasteiger partial charge is 0.236 e. The summed E-state index contributed by atoms with van der Waals surface area (Å²) in [6, 6.07) is 17.8. The number of carbonyl (C=O) groups is 1. The van der Waals surface area contributed by atoms with Crippen LogP contribution in [-0.4, -0.2) is 31.4 Å². The predicted molar refractivity (Wildman–Crippen MR) is 135 cm³/mol. The van der Waals surface area contributed by atoms with Crippen molar-refractivity contribution in [2.75, 3.05) is 11.1 Å². The molecule has 0 fully saturated rings. The lowest BCUT2D eigenvalue weighted by Crippen LogP contribution is -2.14. The highest BCUT2D eigenvalue weighted by Crippen LogP contribution is 2.23. The molecule has 168 valence electrons. The fraction of sp³-hybridized carbons (Fsp3) is 0.167. The van der Waals surface area contributed by atoms with Crippen LogP contribution >= 0.6 is 34.7 Å². The van der Waals surface area contributed by atoms with Crippen LogP contribution < -0.4 is 5.32 Å². The molecule has 2 heterocycles. The predicted octanol–water partition coefficient (Wildman–Crippen LogP) is 5.49. The van der Waals surface area contributed by atoms with Gasteiger partial charge in [-0.1, -0.05) is 71.9 Å². The van der Waals surface area contributed by atoms with Gasteiger partial charge in [-0.15, -0.1) is 28.1 Å². The summed E-state index contributed by atoms with van der Waals surface area (Å²) in [6.07, 6.45) is 5.01. The van der Waals surface area contributed by atoms with E-state index < -0.39 is 0 Å². The quantitative estimate of drug-likeness (QED) is 0.233. The van der Waals surface area contributed by atoms with Gasteiger partial charge in [-0.25, -0.2) is 4.98 Å². The standard InChI is InChI=1S/C24H22ClN5OS2/c1-2-12-30-21(14-17-6-4-3-5-7-17)28-29-24(30)32-16-22(31)27-23-26-15-20(33-23)13-18-8-10-19(25)11-9-18/h2-11,15H,1,12-14,16H2,(H,26,27,31). The van der Waals surface area contributed by atoms with Crippen molar-refractivity contribution in [1.29, 1.82) is 0 Å². The SMILES string of the molecule is C=CCn1c(Cc2ccccc2)nnc1SCC(=O)Nc1ncc(Cc2ccc(Cl)cc2)s1. The molecule has 0 saturated carbocycles. The van der Waals surface area contributed by atoms with Crippen molar-refractivity contribution >= 4 is 45.7 Å². The average Bonchev–Trinajstić information content (AvgIpc) is 3.41. The van der Waals surface area contributed by atoms with Crippen LogP contribution in [0.2, 0.25) is 5.02 Å². The number of benzene rings is 2. The van der Waals surface area contributed by atoms with Crippen molar-refractivity contribution in [1.82, 2.24) is 19.7 Å². The molecule has 0 saturated heterocycles. The Hall–Kier alpha value is -2.94. The summed E-state index contributed by atoms with van der Waals surface area (Å²) in [4.78, 5) is 17.9. The van der Waals surface area contributed by atoms with Crippen molar-refractivity contribution in [3.63, 3.8) is 0 Å². The molecule has 0 radical (unpaired) electrons. The fourth-order valence-electron chi connectivity index (χ4n) is 3.18. The van der Waals surface area contributed by atoms with E-state index in [-0.39, 0.29) is 11.7 Å². The highest BCUT2D eigenvalue weighted by Gasteiger charge is 2.15. The summed E-state index contributed by atoms with van der Waals surface area (Å²) in [5.74, 6) is 0.924. The van der Waals surface area contributed by atoms with E-state index in [2.05, 4.69) is 39.2 Å². The van der Waals surface area contributed by atoms with Crippen molar-refractivity contribution in [2.24, 2.45) is 0 Å². The van der Waals surface area contributed by atoms with Gasteiger partial charge in [0.05, 0.1) is 5.75 Å². The summed E-state index contributed by atoms with van der Waals surface area (Å²) in [7, 11) is 0. The Bertz CT molecular complexity index is 1220. The van der Waals surface area contributed by atoms with Crippen LogP contribution in [0.3, 0.4) is 0 Å². The zero-order valence-corrected chi connectivity index (χ0v) is 20.2. The maximum absolute atomic E-state index is 12.5. The molecular formula is C24H22ClN5OS2. The van der Waals surface area contributed by atoms with Crippen LogP contribution in [-0.2, 0) is 24.2 Å². The first-order chi connectivity index (χ1) is 16.1. The molecule has 33 heavy (non-hydrogen) atoms. The van der Waals surface area contributed by atoms with Gasteiger partial charge in [-0.3, -0.25) is 4.79 Å². The van der Waals surface area contributed by atoms with Crippen LogP contribution in [0, 0.1) is 0 Å². The van der Waals surface area contributed by atoms with Crippen molar-refractivity contribution < 1.29 is 4.79 Å². The Labute approximate surface area is 205 Å². The normalized spacial score (nSPS) is 10.8. The minimum Gasteiger partial charge on any atom is -0.302 e. The average molecular weight is 496 g/mol. The van der Waals surface area contributed by atoms with E-state index in [9.17, 15) is 4.79 Å². The Balaban J connectivity index is 1.33. The maximum atomic E-state index is 12.5. The van der Waals surface area contributed by atoms with Crippen molar-refractivity contribution in [2.45, 2.75) is 24.5 Å². The third kappa shape index (κ3) is 6.54. The number of hydrogen-bond acceptors (Lipinski definition) is 6. The van der Waals surface area contributed by atoms with Gasteiger partial charge in [0, 0.05) is 35.5 Å². The second kappa shape index (κ2) is 11.3. The van der Waals surface area contributed by atoms with Gasteiger partial charge in [0.25, 0.3) is 0 Å². The summed E-state index contributed by atoms with van der Waals surface area (Å²) < 4.78 is 1.99. The van der Waals surface area contributed by atoms with Crippen LogP contribution in [0.1, 0.15) is 21.8 Å². The van der Waals surface area contributed by atoms with E-state index in [0.717, 1.165) is 28.2 Å². The molecule has 1 amide bonds. The number of thiazole rings is 1. The minimum atomic E-state index is -0.134. The Morgan fingerprint density at radius 2 is 1.85 bits per heavy atom. The molecular weight excluding hydrogens is 474 g/mol. The number of nitrogens with one attached hydrogen (secondary N) is 1. The van der Waals surface area contributed by atoms with Crippen molar-refractivity contribution in [3.05, 3.63) is 100 Å². The van der Waals surface area contributed by atoms with Gasteiger partial charge < -0.3 is 9.88 Å².